The number of carboxylic acids is 1. The number of aryl methyl sites for hydroxylation is 1. The number of hydrogen-bond acceptors (Lipinski definition) is 2. The number of carboxylic acid groups (broad SMARTS) is 1. The van der Waals surface area contributed by atoms with E-state index in [-0.39, 0.29) is 12.3 Å². The zero-order valence-corrected chi connectivity index (χ0v) is 10.2. The minimum Gasteiger partial charge on any atom is -0.480 e. The molecule has 0 aliphatic rings. The highest BCUT2D eigenvalue weighted by molar-refractivity contribution is 6.30. The van der Waals surface area contributed by atoms with Gasteiger partial charge in [-0.1, -0.05) is 23.7 Å². The molecule has 5 heteroatoms. The molecule has 0 heterocycles. The van der Waals surface area contributed by atoms with Gasteiger partial charge < -0.3 is 10.4 Å². The number of carbonyl (C=O) groups is 2. The van der Waals surface area contributed by atoms with E-state index in [0.29, 0.717) is 11.4 Å². The van der Waals surface area contributed by atoms with E-state index in [4.69, 9.17) is 16.7 Å². The Kier molecular flexibility index (Phi) is 4.97. The van der Waals surface area contributed by atoms with E-state index in [1.165, 1.54) is 6.92 Å². The first-order chi connectivity index (χ1) is 7.99. The fourth-order valence-electron chi connectivity index (χ4n) is 1.33. The molecule has 0 radical (unpaired) electrons. The average Bonchev–Trinajstić information content (AvgIpc) is 2.26. The summed E-state index contributed by atoms with van der Waals surface area (Å²) >= 11 is 5.81. The van der Waals surface area contributed by atoms with Crippen molar-refractivity contribution < 1.29 is 14.7 Å². The highest BCUT2D eigenvalue weighted by Crippen LogP contribution is 2.12. The van der Waals surface area contributed by atoms with Crippen LogP contribution in [0.4, 0.5) is 0 Å². The van der Waals surface area contributed by atoms with Crippen LogP contribution in [0.3, 0.4) is 0 Å². The topological polar surface area (TPSA) is 66.4 Å². The second-order valence-electron chi connectivity index (χ2n) is 3.76. The fraction of sp³-hybridized carbons (Fsp3) is 0.333. The summed E-state index contributed by atoms with van der Waals surface area (Å²) in [6.45, 7) is 1.43. The van der Waals surface area contributed by atoms with Gasteiger partial charge in [0.1, 0.15) is 6.04 Å². The van der Waals surface area contributed by atoms with Gasteiger partial charge in [0.15, 0.2) is 0 Å². The van der Waals surface area contributed by atoms with Gasteiger partial charge in [0.2, 0.25) is 5.91 Å². The van der Waals surface area contributed by atoms with Crippen LogP contribution in [0.1, 0.15) is 18.9 Å². The molecule has 0 aliphatic carbocycles. The molecule has 1 atom stereocenters. The molecule has 0 bridgehead atoms. The lowest BCUT2D eigenvalue weighted by molar-refractivity contribution is -0.141. The molecule has 1 aromatic rings. The van der Waals surface area contributed by atoms with Crippen molar-refractivity contribution in [3.8, 4) is 0 Å². The molecule has 92 valence electrons. The molecule has 1 aromatic carbocycles. The van der Waals surface area contributed by atoms with Crippen molar-refractivity contribution in [2.45, 2.75) is 25.8 Å². The highest BCUT2D eigenvalue weighted by Gasteiger charge is 2.13. The molecule has 2 N–H and O–H groups in total. The summed E-state index contributed by atoms with van der Waals surface area (Å²) < 4.78 is 0. The summed E-state index contributed by atoms with van der Waals surface area (Å²) in [5, 5.41) is 11.6. The fourth-order valence-corrected chi connectivity index (χ4v) is 1.54. The molecule has 0 aliphatic heterocycles. The first-order valence-corrected chi connectivity index (χ1v) is 5.63. The van der Waals surface area contributed by atoms with Crippen LogP contribution in [0.5, 0.6) is 0 Å². The normalized spacial score (nSPS) is 11.9. The number of hydrogen-bond donors (Lipinski definition) is 2. The Morgan fingerprint density at radius 3 is 2.76 bits per heavy atom. The zero-order chi connectivity index (χ0) is 12.8. The Morgan fingerprint density at radius 1 is 1.47 bits per heavy atom. The Morgan fingerprint density at radius 2 is 2.18 bits per heavy atom. The predicted molar refractivity (Wildman–Crippen MR) is 65.0 cm³/mol. The van der Waals surface area contributed by atoms with Gasteiger partial charge in [-0.15, -0.1) is 0 Å². The molecule has 1 rings (SSSR count). The van der Waals surface area contributed by atoms with Crippen molar-refractivity contribution in [1.29, 1.82) is 0 Å². The molecule has 1 amide bonds. The lowest BCUT2D eigenvalue weighted by Crippen LogP contribution is -2.38. The second kappa shape index (κ2) is 6.25. The Labute approximate surface area is 105 Å². The molecule has 0 aromatic heterocycles. The number of nitrogens with one attached hydrogen (secondary N) is 1. The standard InChI is InChI=1S/C12H14ClNO3/c1-8(12(16)17)14-11(15)6-5-9-3-2-4-10(13)7-9/h2-4,7-8H,5-6H2,1H3,(H,14,15)(H,16,17)/t8-/m0/s1. The maximum Gasteiger partial charge on any atom is 0.325 e. The van der Waals surface area contributed by atoms with E-state index in [0.717, 1.165) is 5.56 Å². The summed E-state index contributed by atoms with van der Waals surface area (Å²) in [5.74, 6) is -1.32. The zero-order valence-electron chi connectivity index (χ0n) is 9.44. The van der Waals surface area contributed by atoms with Crippen LogP contribution >= 0.6 is 11.6 Å². The summed E-state index contributed by atoms with van der Waals surface area (Å²) in [6, 6.07) is 6.38. The minimum absolute atomic E-state index is 0.248. The minimum atomic E-state index is -1.04. The summed E-state index contributed by atoms with van der Waals surface area (Å²) in [7, 11) is 0. The largest absolute Gasteiger partial charge is 0.480 e. The van der Waals surface area contributed by atoms with Crippen molar-refractivity contribution in [1.82, 2.24) is 5.32 Å². The van der Waals surface area contributed by atoms with E-state index < -0.39 is 12.0 Å². The van der Waals surface area contributed by atoms with Crippen LogP contribution in [-0.4, -0.2) is 23.0 Å². The van der Waals surface area contributed by atoms with Crippen molar-refractivity contribution in [2.24, 2.45) is 0 Å². The quantitative estimate of drug-likeness (QED) is 0.844. The smallest absolute Gasteiger partial charge is 0.325 e. The summed E-state index contributed by atoms with van der Waals surface area (Å²) in [4.78, 5) is 21.9. The lowest BCUT2D eigenvalue weighted by Gasteiger charge is -2.09. The van der Waals surface area contributed by atoms with E-state index >= 15 is 0 Å². The van der Waals surface area contributed by atoms with E-state index in [9.17, 15) is 9.59 Å². The Bertz CT molecular complexity index is 420. The molecular weight excluding hydrogens is 242 g/mol. The van der Waals surface area contributed by atoms with E-state index in [2.05, 4.69) is 5.32 Å². The maximum absolute atomic E-state index is 11.4. The van der Waals surface area contributed by atoms with Gasteiger partial charge in [0, 0.05) is 11.4 Å². The number of benzene rings is 1. The summed E-state index contributed by atoms with van der Waals surface area (Å²) in [5.41, 5.74) is 0.954. The monoisotopic (exact) mass is 255 g/mol. The molecular formula is C12H14ClNO3. The van der Waals surface area contributed by atoms with Crippen LogP contribution in [0.25, 0.3) is 0 Å². The number of aliphatic carboxylic acids is 1. The van der Waals surface area contributed by atoms with Crippen molar-refractivity contribution in [3.05, 3.63) is 34.9 Å². The van der Waals surface area contributed by atoms with Crippen LogP contribution in [0, 0.1) is 0 Å². The van der Waals surface area contributed by atoms with Gasteiger partial charge in [-0.2, -0.15) is 0 Å². The summed E-state index contributed by atoms with van der Waals surface area (Å²) in [6.07, 6.45) is 0.788. The Balaban J connectivity index is 2.41. The third kappa shape index (κ3) is 4.87. The van der Waals surface area contributed by atoms with E-state index in [1.54, 1.807) is 12.1 Å². The number of rotatable bonds is 5. The van der Waals surface area contributed by atoms with Crippen molar-refractivity contribution in [2.75, 3.05) is 0 Å². The average molecular weight is 256 g/mol. The molecule has 4 nitrogen and oxygen atoms in total. The van der Waals surface area contributed by atoms with Gasteiger partial charge in [-0.3, -0.25) is 9.59 Å². The van der Waals surface area contributed by atoms with Crippen molar-refractivity contribution >= 4 is 23.5 Å². The molecule has 0 fully saturated rings. The first-order valence-electron chi connectivity index (χ1n) is 5.25. The van der Waals surface area contributed by atoms with Crippen LogP contribution in [0.2, 0.25) is 5.02 Å². The Hall–Kier alpha value is -1.55. The molecule has 0 saturated heterocycles. The first kappa shape index (κ1) is 13.5. The predicted octanol–water partition coefficient (Wildman–Crippen LogP) is 1.86. The van der Waals surface area contributed by atoms with Gasteiger partial charge >= 0.3 is 5.97 Å². The number of amides is 1. The molecule has 0 spiro atoms. The lowest BCUT2D eigenvalue weighted by atomic mass is 10.1. The van der Waals surface area contributed by atoms with Crippen LogP contribution in [-0.2, 0) is 16.0 Å². The van der Waals surface area contributed by atoms with Gasteiger partial charge in [-0.05, 0) is 31.0 Å². The van der Waals surface area contributed by atoms with Crippen LogP contribution < -0.4 is 5.32 Å². The molecule has 0 unspecified atom stereocenters. The van der Waals surface area contributed by atoms with Gasteiger partial charge in [0.25, 0.3) is 0 Å². The maximum atomic E-state index is 11.4. The second-order valence-corrected chi connectivity index (χ2v) is 4.19. The number of halogens is 1. The van der Waals surface area contributed by atoms with Gasteiger partial charge in [-0.25, -0.2) is 0 Å². The third-order valence-electron chi connectivity index (χ3n) is 2.28. The number of carbonyl (C=O) groups excluding carboxylic acids is 1. The SMILES string of the molecule is C[C@H](NC(=O)CCc1cccc(Cl)c1)C(=O)O. The van der Waals surface area contributed by atoms with E-state index in [1.807, 2.05) is 12.1 Å². The molecule has 0 saturated carbocycles. The third-order valence-corrected chi connectivity index (χ3v) is 2.51. The molecule has 17 heavy (non-hydrogen) atoms. The van der Waals surface area contributed by atoms with Gasteiger partial charge in [0.05, 0.1) is 0 Å². The van der Waals surface area contributed by atoms with Crippen molar-refractivity contribution in [3.63, 3.8) is 0 Å². The van der Waals surface area contributed by atoms with Crippen LogP contribution in [0.15, 0.2) is 24.3 Å². The highest BCUT2D eigenvalue weighted by atomic mass is 35.5.